The lowest BCUT2D eigenvalue weighted by Gasteiger charge is -2.44. The van der Waals surface area contributed by atoms with Crippen LogP contribution in [0.5, 0.6) is 0 Å². The Morgan fingerprint density at radius 2 is 1.62 bits per heavy atom. The van der Waals surface area contributed by atoms with Gasteiger partial charge in [-0.2, -0.15) is 0 Å². The van der Waals surface area contributed by atoms with Crippen LogP contribution in [0, 0.1) is 11.3 Å². The smallest absolute Gasteiger partial charge is 0.342 e. The number of carbonyl (C=O) groups is 2. The first kappa shape index (κ1) is 26.4. The van der Waals surface area contributed by atoms with E-state index in [1.165, 1.54) is 10.4 Å². The van der Waals surface area contributed by atoms with Gasteiger partial charge in [0.25, 0.3) is 8.32 Å². The van der Waals surface area contributed by atoms with Crippen molar-refractivity contribution in [1.29, 1.82) is 0 Å². The molecule has 2 aromatic carbocycles. The predicted molar refractivity (Wildman–Crippen MR) is 150 cm³/mol. The van der Waals surface area contributed by atoms with Gasteiger partial charge in [-0.3, -0.25) is 0 Å². The fourth-order valence-electron chi connectivity index (χ4n) is 7.51. The summed E-state index contributed by atoms with van der Waals surface area (Å²) >= 11 is 0. The molecular formula is C32H36O6Si. The zero-order valence-electron chi connectivity index (χ0n) is 23.1. The fourth-order valence-corrected chi connectivity index (χ4v) is 12.1. The number of carbonyl (C=O) groups excluding carboxylic acids is 2. The summed E-state index contributed by atoms with van der Waals surface area (Å²) in [7, 11) is -1.10. The van der Waals surface area contributed by atoms with Gasteiger partial charge in [-0.15, -0.1) is 0 Å². The lowest BCUT2D eigenvalue weighted by Crippen LogP contribution is -2.66. The fraction of sp³-hybridized carbons (Fsp3) is 0.438. The second-order valence-electron chi connectivity index (χ2n) is 12.1. The average Bonchev–Trinajstić information content (AvgIpc) is 3.37. The van der Waals surface area contributed by atoms with Crippen LogP contribution < -0.4 is 10.4 Å². The Bertz CT molecular complexity index is 1300. The minimum Gasteiger partial charge on any atom is -0.407 e. The molecule has 2 heterocycles. The third-order valence-corrected chi connectivity index (χ3v) is 14.2. The molecule has 2 aromatic rings. The van der Waals surface area contributed by atoms with E-state index in [0.717, 1.165) is 18.4 Å². The number of rotatable bonds is 7. The Morgan fingerprint density at radius 3 is 2.21 bits per heavy atom. The normalized spacial score (nSPS) is 28.2. The van der Waals surface area contributed by atoms with Crippen molar-refractivity contribution >= 4 is 30.6 Å². The van der Waals surface area contributed by atoms with Crippen LogP contribution in [0.3, 0.4) is 0 Å². The van der Waals surface area contributed by atoms with Gasteiger partial charge in [0.05, 0.1) is 17.1 Å². The van der Waals surface area contributed by atoms with E-state index in [4.69, 9.17) is 18.6 Å². The molecule has 1 fully saturated rings. The van der Waals surface area contributed by atoms with Gasteiger partial charge in [-0.25, -0.2) is 9.59 Å². The molecule has 0 radical (unpaired) electrons. The van der Waals surface area contributed by atoms with Crippen molar-refractivity contribution in [3.63, 3.8) is 0 Å². The number of ether oxygens (including phenoxy) is 3. The van der Waals surface area contributed by atoms with Gasteiger partial charge in [0.1, 0.15) is 0 Å². The van der Waals surface area contributed by atoms with E-state index >= 15 is 0 Å². The number of fused-ring (bicyclic) bond motifs is 1. The summed E-state index contributed by atoms with van der Waals surface area (Å²) in [6.07, 6.45) is 3.96. The molecule has 0 spiro atoms. The zero-order valence-corrected chi connectivity index (χ0v) is 24.1. The van der Waals surface area contributed by atoms with Crippen molar-refractivity contribution in [2.24, 2.45) is 11.3 Å². The second-order valence-corrected chi connectivity index (χ2v) is 16.4. The Balaban J connectivity index is 1.41. The molecule has 0 saturated carbocycles. The van der Waals surface area contributed by atoms with E-state index in [9.17, 15) is 9.59 Å². The van der Waals surface area contributed by atoms with Gasteiger partial charge >= 0.3 is 11.9 Å². The van der Waals surface area contributed by atoms with Crippen molar-refractivity contribution in [2.45, 2.75) is 63.9 Å². The summed E-state index contributed by atoms with van der Waals surface area (Å²) < 4.78 is 24.8. The molecule has 0 N–H and O–H groups in total. The summed E-state index contributed by atoms with van der Waals surface area (Å²) in [5, 5.41) is 2.29. The van der Waals surface area contributed by atoms with Gasteiger partial charge in [0, 0.05) is 25.2 Å². The highest BCUT2D eigenvalue weighted by Gasteiger charge is 2.61. The number of esters is 2. The second kappa shape index (κ2) is 9.66. The topological polar surface area (TPSA) is 71.1 Å². The van der Waals surface area contributed by atoms with Crippen molar-refractivity contribution in [3.05, 3.63) is 83.5 Å². The molecule has 4 aliphatic rings. The molecule has 2 aliphatic carbocycles. The van der Waals surface area contributed by atoms with Crippen LogP contribution in [0.2, 0.25) is 5.04 Å². The summed E-state index contributed by atoms with van der Waals surface area (Å²) in [5.41, 5.74) is 1.55. The Hall–Kier alpha value is -2.84. The van der Waals surface area contributed by atoms with Crippen LogP contribution in [-0.4, -0.2) is 46.4 Å². The molecule has 1 saturated heterocycles. The van der Waals surface area contributed by atoms with Gasteiger partial charge < -0.3 is 18.6 Å². The number of benzene rings is 2. The molecule has 0 amide bonds. The van der Waals surface area contributed by atoms with Crippen LogP contribution in [0.4, 0.5) is 0 Å². The number of cyclic esters (lactones) is 2. The lowest BCUT2D eigenvalue weighted by molar-refractivity contribution is -0.168. The third-order valence-electron chi connectivity index (χ3n) is 9.15. The van der Waals surface area contributed by atoms with E-state index in [2.05, 4.69) is 75.4 Å². The van der Waals surface area contributed by atoms with E-state index in [1.54, 1.807) is 7.11 Å². The van der Waals surface area contributed by atoms with Crippen LogP contribution in [0.1, 0.15) is 46.5 Å². The third kappa shape index (κ3) is 3.93. The molecule has 2 aliphatic heterocycles. The van der Waals surface area contributed by atoms with E-state index in [0.29, 0.717) is 30.6 Å². The number of hydrogen-bond acceptors (Lipinski definition) is 6. The molecule has 4 atom stereocenters. The van der Waals surface area contributed by atoms with Crippen LogP contribution in [0.25, 0.3) is 0 Å². The van der Waals surface area contributed by atoms with E-state index < -0.39 is 32.0 Å². The monoisotopic (exact) mass is 544 g/mol. The predicted octanol–water partition coefficient (Wildman–Crippen LogP) is 4.43. The van der Waals surface area contributed by atoms with Crippen molar-refractivity contribution < 1.29 is 28.2 Å². The van der Waals surface area contributed by atoms with Crippen LogP contribution in [-0.2, 0) is 28.2 Å². The number of hydrogen-bond donors (Lipinski definition) is 0. The molecule has 4 bridgehead atoms. The standard InChI is InChI=1S/C32H36O6Si/c1-31(2,3)39(21-12-7-5-8-13-21,22-14-9-6-10-15-22)36-19-18-32-20-24-26(29(34)38-28(24)33)23-16-11-17-25(32)27(23)37-30(32)35-4/h5-10,12-15,17,23,27,30H,11,16,18-20H2,1-4H3/t23-,27?,30-,32-/m1/s1. The first-order valence-corrected chi connectivity index (χ1v) is 15.8. The molecule has 6 nitrogen and oxygen atoms in total. The largest absolute Gasteiger partial charge is 0.407 e. The lowest BCUT2D eigenvalue weighted by atomic mass is 9.70. The summed E-state index contributed by atoms with van der Waals surface area (Å²) in [6.45, 7) is 7.25. The Morgan fingerprint density at radius 1 is 0.974 bits per heavy atom. The quantitative estimate of drug-likeness (QED) is 0.222. The van der Waals surface area contributed by atoms with E-state index in [-0.39, 0.29) is 17.1 Å². The summed E-state index contributed by atoms with van der Waals surface area (Å²) in [5.74, 6) is -1.21. The molecule has 0 aromatic heterocycles. The van der Waals surface area contributed by atoms with Gasteiger partial charge in [-0.1, -0.05) is 87.5 Å². The highest BCUT2D eigenvalue weighted by Crippen LogP contribution is 2.59. The number of allylic oxidation sites excluding steroid dienone is 1. The van der Waals surface area contributed by atoms with Crippen molar-refractivity contribution in [2.75, 3.05) is 13.7 Å². The first-order valence-electron chi connectivity index (χ1n) is 13.9. The maximum Gasteiger partial charge on any atom is 0.342 e. The SMILES string of the molecule is CO[C@@H]1OC2C3=CCC[C@@H]2C2=C(C[C@]31CCO[Si](c1ccccc1)(c1ccccc1)C(C)(C)C)C(=O)OC2=O. The molecule has 6 rings (SSSR count). The van der Waals surface area contributed by atoms with Gasteiger partial charge in [-0.05, 0) is 46.7 Å². The minimum absolute atomic E-state index is 0.154. The summed E-state index contributed by atoms with van der Waals surface area (Å²) in [6, 6.07) is 21.2. The minimum atomic E-state index is -2.75. The molecular weight excluding hydrogens is 508 g/mol. The maximum absolute atomic E-state index is 12.9. The van der Waals surface area contributed by atoms with Crippen molar-refractivity contribution in [1.82, 2.24) is 0 Å². The van der Waals surface area contributed by atoms with E-state index in [1.807, 2.05) is 12.1 Å². The summed E-state index contributed by atoms with van der Waals surface area (Å²) in [4.78, 5) is 25.6. The zero-order chi connectivity index (χ0) is 27.4. The van der Waals surface area contributed by atoms with Gasteiger partial charge in [0.2, 0.25) is 0 Å². The van der Waals surface area contributed by atoms with Crippen molar-refractivity contribution in [3.8, 4) is 0 Å². The molecule has 7 heteroatoms. The molecule has 204 valence electrons. The number of methoxy groups -OCH3 is 1. The maximum atomic E-state index is 12.9. The Labute approximate surface area is 231 Å². The first-order chi connectivity index (χ1) is 18.7. The molecule has 1 unspecified atom stereocenters. The van der Waals surface area contributed by atoms with Crippen LogP contribution >= 0.6 is 0 Å². The average molecular weight is 545 g/mol. The van der Waals surface area contributed by atoms with Gasteiger partial charge in [0.15, 0.2) is 6.29 Å². The molecule has 39 heavy (non-hydrogen) atoms. The van der Waals surface area contributed by atoms with Crippen LogP contribution in [0.15, 0.2) is 83.5 Å². The highest BCUT2D eigenvalue weighted by atomic mass is 28.4. The Kier molecular flexibility index (Phi) is 6.54. The highest BCUT2D eigenvalue weighted by molar-refractivity contribution is 6.99.